The van der Waals surface area contributed by atoms with Crippen molar-refractivity contribution in [1.29, 1.82) is 0 Å². The molecule has 1 aromatic rings. The van der Waals surface area contributed by atoms with Crippen molar-refractivity contribution in [1.82, 2.24) is 4.98 Å². The standard InChI is InChI=1S/C12H16N4O2/c13-11-5-10(16(17)18)6-12(14-11)15(9-3-4-9)7-8-1-2-8/h5-6,8-9H,1-4,7H2,(H2,13,14). The van der Waals surface area contributed by atoms with Crippen LogP contribution in [0.4, 0.5) is 17.3 Å². The SMILES string of the molecule is Nc1cc([N+](=O)[O-])cc(N(CC2CC2)C2CC2)n1. The van der Waals surface area contributed by atoms with E-state index in [2.05, 4.69) is 9.88 Å². The molecular formula is C12H16N4O2. The Bertz CT molecular complexity index is 483. The molecule has 0 saturated heterocycles. The second kappa shape index (κ2) is 4.12. The van der Waals surface area contributed by atoms with Crippen LogP contribution in [0.15, 0.2) is 12.1 Å². The number of nitro groups is 1. The lowest BCUT2D eigenvalue weighted by Gasteiger charge is -2.23. The molecular weight excluding hydrogens is 232 g/mol. The highest BCUT2D eigenvalue weighted by atomic mass is 16.6. The second-order valence-corrected chi connectivity index (χ2v) is 5.19. The van der Waals surface area contributed by atoms with Crippen LogP contribution in [0.3, 0.4) is 0 Å². The van der Waals surface area contributed by atoms with E-state index in [1.165, 1.54) is 25.0 Å². The van der Waals surface area contributed by atoms with Gasteiger partial charge in [-0.1, -0.05) is 0 Å². The van der Waals surface area contributed by atoms with E-state index in [4.69, 9.17) is 5.73 Å². The van der Waals surface area contributed by atoms with Gasteiger partial charge in [-0.2, -0.15) is 0 Å². The molecule has 0 aromatic carbocycles. The van der Waals surface area contributed by atoms with E-state index < -0.39 is 4.92 Å². The fourth-order valence-corrected chi connectivity index (χ4v) is 2.17. The van der Waals surface area contributed by atoms with Crippen molar-refractivity contribution in [3.63, 3.8) is 0 Å². The van der Waals surface area contributed by atoms with Gasteiger partial charge in [0.25, 0.3) is 5.69 Å². The second-order valence-electron chi connectivity index (χ2n) is 5.19. The first-order chi connectivity index (χ1) is 8.63. The third-order valence-corrected chi connectivity index (χ3v) is 3.46. The zero-order valence-corrected chi connectivity index (χ0v) is 10.1. The summed E-state index contributed by atoms with van der Waals surface area (Å²) in [5, 5.41) is 10.9. The first-order valence-electron chi connectivity index (χ1n) is 6.32. The largest absolute Gasteiger partial charge is 0.383 e. The molecule has 6 heteroatoms. The lowest BCUT2D eigenvalue weighted by molar-refractivity contribution is -0.384. The Balaban J connectivity index is 1.89. The van der Waals surface area contributed by atoms with E-state index in [0.717, 1.165) is 25.3 Å². The molecule has 0 spiro atoms. The monoisotopic (exact) mass is 248 g/mol. The van der Waals surface area contributed by atoms with Gasteiger partial charge in [0.15, 0.2) is 0 Å². The lowest BCUT2D eigenvalue weighted by Crippen LogP contribution is -2.29. The average Bonchev–Trinajstić information content (AvgIpc) is 3.17. The fourth-order valence-electron chi connectivity index (χ4n) is 2.17. The van der Waals surface area contributed by atoms with Gasteiger partial charge in [0.1, 0.15) is 11.6 Å². The van der Waals surface area contributed by atoms with E-state index in [-0.39, 0.29) is 11.5 Å². The van der Waals surface area contributed by atoms with Crippen molar-refractivity contribution in [3.05, 3.63) is 22.2 Å². The molecule has 2 saturated carbocycles. The van der Waals surface area contributed by atoms with Gasteiger partial charge in [0, 0.05) is 12.6 Å². The molecule has 3 rings (SSSR count). The van der Waals surface area contributed by atoms with E-state index in [1.54, 1.807) is 0 Å². The van der Waals surface area contributed by atoms with E-state index in [9.17, 15) is 10.1 Å². The Morgan fingerprint density at radius 3 is 2.67 bits per heavy atom. The number of nitrogen functional groups attached to an aromatic ring is 1. The van der Waals surface area contributed by atoms with Gasteiger partial charge >= 0.3 is 0 Å². The fraction of sp³-hybridized carbons (Fsp3) is 0.583. The van der Waals surface area contributed by atoms with Crippen molar-refractivity contribution in [2.24, 2.45) is 5.92 Å². The number of anilines is 2. The Kier molecular flexibility index (Phi) is 2.57. The van der Waals surface area contributed by atoms with Crippen molar-refractivity contribution >= 4 is 17.3 Å². The Hall–Kier alpha value is -1.85. The van der Waals surface area contributed by atoms with Gasteiger partial charge in [0.2, 0.25) is 0 Å². The minimum absolute atomic E-state index is 0.0268. The molecule has 0 bridgehead atoms. The van der Waals surface area contributed by atoms with Gasteiger partial charge in [-0.25, -0.2) is 4.98 Å². The maximum Gasteiger partial charge on any atom is 0.276 e. The summed E-state index contributed by atoms with van der Waals surface area (Å²) < 4.78 is 0. The maximum atomic E-state index is 10.9. The van der Waals surface area contributed by atoms with Crippen LogP contribution in [-0.2, 0) is 0 Å². The van der Waals surface area contributed by atoms with Crippen LogP contribution in [0.1, 0.15) is 25.7 Å². The Morgan fingerprint density at radius 1 is 1.39 bits per heavy atom. The van der Waals surface area contributed by atoms with Crippen molar-refractivity contribution in [2.45, 2.75) is 31.7 Å². The smallest absolute Gasteiger partial charge is 0.276 e. The molecule has 6 nitrogen and oxygen atoms in total. The topological polar surface area (TPSA) is 85.3 Å². The molecule has 0 atom stereocenters. The van der Waals surface area contributed by atoms with Crippen LogP contribution in [0, 0.1) is 16.0 Å². The van der Waals surface area contributed by atoms with Crippen LogP contribution < -0.4 is 10.6 Å². The third-order valence-electron chi connectivity index (χ3n) is 3.46. The van der Waals surface area contributed by atoms with Crippen LogP contribution in [0.2, 0.25) is 0 Å². The molecule has 0 amide bonds. The minimum atomic E-state index is -0.413. The highest BCUT2D eigenvalue weighted by Gasteiger charge is 2.35. The summed E-state index contributed by atoms with van der Waals surface area (Å²) in [6, 6.07) is 3.35. The lowest BCUT2D eigenvalue weighted by atomic mass is 10.3. The van der Waals surface area contributed by atoms with Gasteiger partial charge in [-0.15, -0.1) is 0 Å². The van der Waals surface area contributed by atoms with Gasteiger partial charge in [-0.3, -0.25) is 10.1 Å². The first kappa shape index (κ1) is 11.3. The van der Waals surface area contributed by atoms with Crippen LogP contribution in [0.5, 0.6) is 0 Å². The summed E-state index contributed by atoms with van der Waals surface area (Å²) in [5.74, 6) is 1.62. The third kappa shape index (κ3) is 2.37. The van der Waals surface area contributed by atoms with Crippen molar-refractivity contribution < 1.29 is 4.92 Å². The highest BCUT2D eigenvalue weighted by Crippen LogP contribution is 2.38. The predicted octanol–water partition coefficient (Wildman–Crippen LogP) is 1.95. The zero-order chi connectivity index (χ0) is 12.7. The van der Waals surface area contributed by atoms with Gasteiger partial charge in [-0.05, 0) is 31.6 Å². The summed E-state index contributed by atoms with van der Waals surface area (Å²) >= 11 is 0. The van der Waals surface area contributed by atoms with Gasteiger partial charge < -0.3 is 10.6 Å². The van der Waals surface area contributed by atoms with Crippen LogP contribution >= 0.6 is 0 Å². The number of nitrogens with two attached hydrogens (primary N) is 1. The highest BCUT2D eigenvalue weighted by molar-refractivity contribution is 5.55. The molecule has 2 fully saturated rings. The molecule has 0 radical (unpaired) electrons. The Labute approximate surface area is 105 Å². The predicted molar refractivity (Wildman–Crippen MR) is 68.4 cm³/mol. The molecule has 2 aliphatic rings. The maximum absolute atomic E-state index is 10.9. The van der Waals surface area contributed by atoms with E-state index >= 15 is 0 Å². The summed E-state index contributed by atoms with van der Waals surface area (Å²) in [5.41, 5.74) is 5.69. The normalized spacial score (nSPS) is 18.7. The zero-order valence-electron chi connectivity index (χ0n) is 10.1. The number of aromatic nitrogens is 1. The van der Waals surface area contributed by atoms with E-state index in [0.29, 0.717) is 11.9 Å². The summed E-state index contributed by atoms with van der Waals surface area (Å²) in [7, 11) is 0. The molecule has 1 heterocycles. The molecule has 2 N–H and O–H groups in total. The van der Waals surface area contributed by atoms with Crippen LogP contribution in [0.25, 0.3) is 0 Å². The quantitative estimate of drug-likeness (QED) is 0.635. The van der Waals surface area contributed by atoms with Crippen molar-refractivity contribution in [3.8, 4) is 0 Å². The number of hydrogen-bond acceptors (Lipinski definition) is 5. The Morgan fingerprint density at radius 2 is 2.11 bits per heavy atom. The first-order valence-corrected chi connectivity index (χ1v) is 6.32. The molecule has 0 aliphatic heterocycles. The van der Waals surface area contributed by atoms with Gasteiger partial charge in [0.05, 0.1) is 17.1 Å². The molecule has 0 unspecified atom stereocenters. The van der Waals surface area contributed by atoms with Crippen LogP contribution in [-0.4, -0.2) is 22.5 Å². The van der Waals surface area contributed by atoms with Crippen molar-refractivity contribution in [2.75, 3.05) is 17.2 Å². The number of rotatable bonds is 5. The molecule has 1 aromatic heterocycles. The van der Waals surface area contributed by atoms with E-state index in [1.807, 2.05) is 0 Å². The summed E-state index contributed by atoms with van der Waals surface area (Å²) in [6.45, 7) is 0.957. The average molecular weight is 248 g/mol. The molecule has 2 aliphatic carbocycles. The number of pyridine rings is 1. The summed E-state index contributed by atoms with van der Waals surface area (Å²) in [6.07, 6.45) is 4.81. The number of nitrogens with zero attached hydrogens (tertiary/aromatic N) is 3. The minimum Gasteiger partial charge on any atom is -0.383 e. The molecule has 96 valence electrons. The summed E-state index contributed by atoms with van der Waals surface area (Å²) in [4.78, 5) is 16.9. The molecule has 18 heavy (non-hydrogen) atoms. The number of hydrogen-bond donors (Lipinski definition) is 1.